The summed E-state index contributed by atoms with van der Waals surface area (Å²) in [4.78, 5) is 17.5. The summed E-state index contributed by atoms with van der Waals surface area (Å²) in [6.45, 7) is 3.19. The third kappa shape index (κ3) is 2.40. The smallest absolute Gasteiger partial charge is 0.244 e. The molecule has 4 fully saturated rings. The van der Waals surface area contributed by atoms with E-state index in [0.29, 0.717) is 24.0 Å². The summed E-state index contributed by atoms with van der Waals surface area (Å²) in [6.07, 6.45) is 10.4. The molecule has 1 amide bonds. The maximum absolute atomic E-state index is 12.8. The first-order chi connectivity index (χ1) is 10.1. The molecule has 4 aliphatic rings. The number of nitrogens with zero attached hydrogens (tertiary/aromatic N) is 2. The van der Waals surface area contributed by atoms with Crippen molar-refractivity contribution >= 4 is 5.91 Å². The second kappa shape index (κ2) is 4.95. The average Bonchev–Trinajstić information content (AvgIpc) is 3.39. The third-order valence-electron chi connectivity index (χ3n) is 6.31. The Kier molecular flexibility index (Phi) is 3.30. The van der Waals surface area contributed by atoms with Crippen LogP contribution in [-0.2, 0) is 4.79 Å². The molecule has 0 aromatic heterocycles. The van der Waals surface area contributed by atoms with E-state index in [4.69, 9.17) is 0 Å². The lowest BCUT2D eigenvalue weighted by atomic mass is 10.0. The van der Waals surface area contributed by atoms with Crippen molar-refractivity contribution in [2.75, 3.05) is 13.6 Å². The first kappa shape index (κ1) is 14.0. The number of hydrogen-bond acceptors (Lipinski definition) is 3. The van der Waals surface area contributed by atoms with E-state index >= 15 is 0 Å². The monoisotopic (exact) mass is 291 g/mol. The molecular formula is C17H29N3O. The van der Waals surface area contributed by atoms with Crippen LogP contribution in [0.2, 0.25) is 0 Å². The van der Waals surface area contributed by atoms with Crippen LogP contribution in [0.4, 0.5) is 0 Å². The van der Waals surface area contributed by atoms with Gasteiger partial charge in [0.1, 0.15) is 0 Å². The van der Waals surface area contributed by atoms with Gasteiger partial charge in [0.2, 0.25) is 5.91 Å². The number of rotatable bonds is 5. The van der Waals surface area contributed by atoms with Crippen LogP contribution in [0.5, 0.6) is 0 Å². The summed E-state index contributed by atoms with van der Waals surface area (Å²) in [7, 11) is 2.23. The predicted molar refractivity (Wildman–Crippen MR) is 82.8 cm³/mol. The molecule has 1 aliphatic heterocycles. The van der Waals surface area contributed by atoms with Gasteiger partial charge in [-0.2, -0.15) is 0 Å². The van der Waals surface area contributed by atoms with E-state index in [-0.39, 0.29) is 5.54 Å². The van der Waals surface area contributed by atoms with Gasteiger partial charge < -0.3 is 4.90 Å². The molecule has 4 heteroatoms. The number of amides is 1. The van der Waals surface area contributed by atoms with Crippen LogP contribution in [-0.4, -0.2) is 53.1 Å². The van der Waals surface area contributed by atoms with Gasteiger partial charge in [0.05, 0.1) is 11.7 Å². The molecule has 0 radical (unpaired) electrons. The molecule has 0 bridgehead atoms. The summed E-state index contributed by atoms with van der Waals surface area (Å²) in [5.41, 5.74) is -0.148. The van der Waals surface area contributed by atoms with Crippen molar-refractivity contribution < 1.29 is 4.79 Å². The highest BCUT2D eigenvalue weighted by Gasteiger charge is 2.60. The highest BCUT2D eigenvalue weighted by atomic mass is 16.2. The molecule has 1 heterocycles. The minimum atomic E-state index is -0.148. The fraction of sp³-hybridized carbons (Fsp3) is 0.941. The molecule has 1 spiro atoms. The van der Waals surface area contributed by atoms with Crippen LogP contribution in [0.3, 0.4) is 0 Å². The fourth-order valence-corrected chi connectivity index (χ4v) is 4.40. The lowest BCUT2D eigenvalue weighted by molar-refractivity contribution is -0.132. The molecule has 3 aliphatic carbocycles. The van der Waals surface area contributed by atoms with Crippen molar-refractivity contribution in [3.05, 3.63) is 0 Å². The molecule has 3 saturated carbocycles. The minimum absolute atomic E-state index is 0.148. The molecule has 118 valence electrons. The normalized spacial score (nSPS) is 33.4. The van der Waals surface area contributed by atoms with Gasteiger partial charge in [0, 0.05) is 18.6 Å². The van der Waals surface area contributed by atoms with Crippen LogP contribution >= 0.6 is 0 Å². The Morgan fingerprint density at radius 2 is 1.95 bits per heavy atom. The maximum atomic E-state index is 12.8. The van der Waals surface area contributed by atoms with Crippen molar-refractivity contribution in [2.24, 2.45) is 5.92 Å². The topological polar surface area (TPSA) is 35.6 Å². The molecular weight excluding hydrogens is 262 g/mol. The SMILES string of the molecule is CC(CN1C(=O)C2(CC2)NC1C1CCCC1)N(C)C1CC1. The van der Waals surface area contributed by atoms with Gasteiger partial charge in [-0.25, -0.2) is 0 Å². The molecule has 2 atom stereocenters. The Balaban J connectivity index is 1.47. The standard InChI is InChI=1S/C17H29N3O/c1-12(19(2)14-7-8-14)11-20-15(13-5-3-4-6-13)18-17(9-10-17)16(20)21/h12-15,18H,3-11H2,1-2H3. The van der Waals surface area contributed by atoms with E-state index in [1.807, 2.05) is 0 Å². The Hall–Kier alpha value is -0.610. The highest BCUT2D eigenvalue weighted by Crippen LogP contribution is 2.45. The lowest BCUT2D eigenvalue weighted by Gasteiger charge is -2.34. The van der Waals surface area contributed by atoms with Crippen LogP contribution in [0.1, 0.15) is 58.3 Å². The van der Waals surface area contributed by atoms with E-state index in [1.165, 1.54) is 38.5 Å². The summed E-state index contributed by atoms with van der Waals surface area (Å²) >= 11 is 0. The van der Waals surface area contributed by atoms with Gasteiger partial charge in [-0.05, 0) is 58.4 Å². The van der Waals surface area contributed by atoms with Crippen LogP contribution in [0, 0.1) is 5.92 Å². The highest BCUT2D eigenvalue weighted by molar-refractivity contribution is 5.91. The van der Waals surface area contributed by atoms with Crippen molar-refractivity contribution in [2.45, 2.75) is 82.1 Å². The molecule has 0 aromatic rings. The third-order valence-corrected chi connectivity index (χ3v) is 6.31. The summed E-state index contributed by atoms with van der Waals surface area (Å²) in [5.74, 6) is 1.09. The second-order valence-electron chi connectivity index (χ2n) is 7.92. The first-order valence-corrected chi connectivity index (χ1v) is 8.91. The van der Waals surface area contributed by atoms with Gasteiger partial charge in [-0.1, -0.05) is 12.8 Å². The van der Waals surface area contributed by atoms with Gasteiger partial charge in [-0.3, -0.25) is 15.0 Å². The van der Waals surface area contributed by atoms with E-state index in [0.717, 1.165) is 25.4 Å². The molecule has 1 saturated heterocycles. The van der Waals surface area contributed by atoms with Gasteiger partial charge in [0.15, 0.2) is 0 Å². The zero-order valence-electron chi connectivity index (χ0n) is 13.5. The molecule has 1 N–H and O–H groups in total. The summed E-state index contributed by atoms with van der Waals surface area (Å²) < 4.78 is 0. The minimum Gasteiger partial charge on any atom is -0.324 e. The number of carbonyl (C=O) groups excluding carboxylic acids is 1. The quantitative estimate of drug-likeness (QED) is 0.841. The Morgan fingerprint density at radius 3 is 2.52 bits per heavy atom. The van der Waals surface area contributed by atoms with Crippen molar-refractivity contribution in [1.29, 1.82) is 0 Å². The Labute approximate surface area is 128 Å². The van der Waals surface area contributed by atoms with Gasteiger partial charge >= 0.3 is 0 Å². The average molecular weight is 291 g/mol. The maximum Gasteiger partial charge on any atom is 0.244 e. The lowest BCUT2D eigenvalue weighted by Crippen LogP contribution is -2.48. The summed E-state index contributed by atoms with van der Waals surface area (Å²) in [6, 6.07) is 1.24. The van der Waals surface area contributed by atoms with Crippen molar-refractivity contribution in [3.8, 4) is 0 Å². The van der Waals surface area contributed by atoms with Crippen molar-refractivity contribution in [3.63, 3.8) is 0 Å². The van der Waals surface area contributed by atoms with Crippen LogP contribution in [0.25, 0.3) is 0 Å². The van der Waals surface area contributed by atoms with Crippen molar-refractivity contribution in [1.82, 2.24) is 15.1 Å². The number of likely N-dealkylation sites (N-methyl/N-ethyl adjacent to an activating group) is 1. The number of nitrogens with one attached hydrogen (secondary N) is 1. The zero-order valence-corrected chi connectivity index (χ0v) is 13.5. The summed E-state index contributed by atoms with van der Waals surface area (Å²) in [5, 5.41) is 3.73. The zero-order chi connectivity index (χ0) is 14.6. The van der Waals surface area contributed by atoms with Gasteiger partial charge in [0.25, 0.3) is 0 Å². The predicted octanol–water partition coefficient (Wildman–Crippen LogP) is 1.95. The van der Waals surface area contributed by atoms with Crippen LogP contribution in [0.15, 0.2) is 0 Å². The largest absolute Gasteiger partial charge is 0.324 e. The Morgan fingerprint density at radius 1 is 1.29 bits per heavy atom. The number of carbonyl (C=O) groups is 1. The van der Waals surface area contributed by atoms with Gasteiger partial charge in [-0.15, -0.1) is 0 Å². The number of hydrogen-bond donors (Lipinski definition) is 1. The van der Waals surface area contributed by atoms with Crippen LogP contribution < -0.4 is 5.32 Å². The van der Waals surface area contributed by atoms with E-state index in [1.54, 1.807) is 0 Å². The molecule has 0 aromatic carbocycles. The first-order valence-electron chi connectivity index (χ1n) is 8.91. The molecule has 2 unspecified atom stereocenters. The Bertz CT molecular complexity index is 424. The molecule has 4 rings (SSSR count). The second-order valence-corrected chi connectivity index (χ2v) is 7.92. The fourth-order valence-electron chi connectivity index (χ4n) is 4.40. The molecule has 4 nitrogen and oxygen atoms in total. The van der Waals surface area contributed by atoms with E-state index in [2.05, 4.69) is 29.1 Å². The molecule has 21 heavy (non-hydrogen) atoms. The van der Waals surface area contributed by atoms with E-state index < -0.39 is 0 Å². The van der Waals surface area contributed by atoms with E-state index in [9.17, 15) is 4.79 Å².